The van der Waals surface area contributed by atoms with Crippen LogP contribution in [0.2, 0.25) is 0 Å². The molecule has 0 spiro atoms. The van der Waals surface area contributed by atoms with Gasteiger partial charge in [0, 0.05) is 13.2 Å². The molecule has 106 valence electrons. The fourth-order valence-corrected chi connectivity index (χ4v) is 2.34. The van der Waals surface area contributed by atoms with E-state index in [1.807, 2.05) is 0 Å². The largest absolute Gasteiger partial charge is 0.481 e. The molecule has 19 heavy (non-hydrogen) atoms. The fraction of sp³-hybridized carbons (Fsp3) is 0.500. The van der Waals surface area contributed by atoms with Gasteiger partial charge in [-0.2, -0.15) is 0 Å². The fourth-order valence-electron chi connectivity index (χ4n) is 2.34. The van der Waals surface area contributed by atoms with E-state index >= 15 is 0 Å². The van der Waals surface area contributed by atoms with Crippen LogP contribution in [0.5, 0.6) is 0 Å². The van der Waals surface area contributed by atoms with Crippen molar-refractivity contribution < 1.29 is 34.4 Å². The molecule has 0 saturated carbocycles. The molecule has 0 radical (unpaired) electrons. The minimum Gasteiger partial charge on any atom is -0.481 e. The van der Waals surface area contributed by atoms with E-state index in [0.717, 1.165) is 0 Å². The Bertz CT molecular complexity index is 403. The molecule has 0 fully saturated rings. The van der Waals surface area contributed by atoms with Crippen molar-refractivity contribution in [3.8, 4) is 0 Å². The zero-order valence-electron chi connectivity index (χ0n) is 10.2. The topological polar surface area (TPSA) is 128 Å². The van der Waals surface area contributed by atoms with Crippen LogP contribution in [0.4, 0.5) is 0 Å². The third-order valence-corrected chi connectivity index (χ3v) is 3.17. The summed E-state index contributed by atoms with van der Waals surface area (Å²) < 4.78 is 5.14. The lowest BCUT2D eigenvalue weighted by Crippen LogP contribution is -2.45. The molecule has 7 nitrogen and oxygen atoms in total. The van der Waals surface area contributed by atoms with E-state index in [4.69, 9.17) is 24.8 Å². The maximum Gasteiger partial charge on any atom is 0.318 e. The van der Waals surface area contributed by atoms with Gasteiger partial charge in [0.1, 0.15) is 5.76 Å². The van der Waals surface area contributed by atoms with Gasteiger partial charge >= 0.3 is 11.9 Å². The van der Waals surface area contributed by atoms with Crippen molar-refractivity contribution in [1.82, 2.24) is 0 Å². The Morgan fingerprint density at radius 1 is 1.16 bits per heavy atom. The second-order valence-corrected chi connectivity index (χ2v) is 4.19. The summed E-state index contributed by atoms with van der Waals surface area (Å²) in [6.45, 7) is -0.838. The number of aliphatic hydroxyl groups excluding tert-OH is 2. The second kappa shape index (κ2) is 6.35. The van der Waals surface area contributed by atoms with Crippen LogP contribution in [-0.2, 0) is 15.0 Å². The molecule has 0 amide bonds. The molecule has 0 aliphatic heterocycles. The van der Waals surface area contributed by atoms with E-state index in [0.29, 0.717) is 0 Å². The molecular formula is C12H16O7. The van der Waals surface area contributed by atoms with E-state index < -0.39 is 36.5 Å². The van der Waals surface area contributed by atoms with Crippen LogP contribution in [0.25, 0.3) is 0 Å². The predicted octanol–water partition coefficient (Wildman–Crippen LogP) is 0.0676. The first-order valence-corrected chi connectivity index (χ1v) is 5.71. The molecular weight excluding hydrogens is 256 g/mol. The van der Waals surface area contributed by atoms with Crippen LogP contribution in [0, 0.1) is 5.92 Å². The summed E-state index contributed by atoms with van der Waals surface area (Å²) in [5.41, 5.74) is -1.48. The van der Waals surface area contributed by atoms with Gasteiger partial charge in [0.15, 0.2) is 5.92 Å². The smallest absolute Gasteiger partial charge is 0.318 e. The van der Waals surface area contributed by atoms with Crippen LogP contribution in [0.1, 0.15) is 18.6 Å². The normalized spacial score (nSPS) is 11.7. The summed E-state index contributed by atoms with van der Waals surface area (Å²) in [4.78, 5) is 22.5. The van der Waals surface area contributed by atoms with Gasteiger partial charge < -0.3 is 24.8 Å². The average molecular weight is 272 g/mol. The first-order chi connectivity index (χ1) is 8.99. The van der Waals surface area contributed by atoms with Crippen LogP contribution in [-0.4, -0.2) is 45.6 Å². The highest BCUT2D eigenvalue weighted by Crippen LogP contribution is 2.40. The zero-order valence-corrected chi connectivity index (χ0v) is 10.2. The summed E-state index contributed by atoms with van der Waals surface area (Å²) in [6, 6.07) is 2.95. The van der Waals surface area contributed by atoms with E-state index in [-0.39, 0.29) is 18.6 Å². The van der Waals surface area contributed by atoms with E-state index in [1.165, 1.54) is 18.4 Å². The lowest BCUT2D eigenvalue weighted by Gasteiger charge is -2.34. The lowest BCUT2D eigenvalue weighted by atomic mass is 9.68. The molecule has 1 aromatic rings. The zero-order chi connectivity index (χ0) is 14.5. The van der Waals surface area contributed by atoms with Crippen molar-refractivity contribution in [1.29, 1.82) is 0 Å². The van der Waals surface area contributed by atoms with Crippen molar-refractivity contribution >= 4 is 11.9 Å². The number of carbonyl (C=O) groups is 2. The molecule has 0 saturated heterocycles. The van der Waals surface area contributed by atoms with Crippen molar-refractivity contribution in [2.24, 2.45) is 5.92 Å². The Morgan fingerprint density at radius 3 is 2.00 bits per heavy atom. The SMILES string of the molecule is O=C(O)C(C(=O)O)C(CCO)(CCO)c1ccco1. The maximum atomic E-state index is 11.2. The molecule has 0 unspecified atom stereocenters. The molecule has 1 rings (SSSR count). The molecule has 0 aliphatic rings. The molecule has 1 heterocycles. The molecule has 0 aliphatic carbocycles. The van der Waals surface area contributed by atoms with Gasteiger partial charge in [-0.25, -0.2) is 0 Å². The van der Waals surface area contributed by atoms with Gasteiger partial charge in [0.25, 0.3) is 0 Å². The summed E-state index contributed by atoms with van der Waals surface area (Å²) >= 11 is 0. The van der Waals surface area contributed by atoms with Crippen LogP contribution in [0.3, 0.4) is 0 Å². The number of carboxylic acids is 2. The molecule has 0 atom stereocenters. The monoisotopic (exact) mass is 272 g/mol. The number of rotatable bonds is 8. The number of furan rings is 1. The Hall–Kier alpha value is -1.86. The lowest BCUT2D eigenvalue weighted by molar-refractivity contribution is -0.159. The second-order valence-electron chi connectivity index (χ2n) is 4.19. The highest BCUT2D eigenvalue weighted by atomic mass is 16.4. The summed E-state index contributed by atoms with van der Waals surface area (Å²) in [7, 11) is 0. The van der Waals surface area contributed by atoms with E-state index in [2.05, 4.69) is 0 Å². The number of carboxylic acid groups (broad SMARTS) is 2. The number of hydrogen-bond donors (Lipinski definition) is 4. The van der Waals surface area contributed by atoms with Gasteiger partial charge in [-0.15, -0.1) is 0 Å². The van der Waals surface area contributed by atoms with E-state index in [9.17, 15) is 9.59 Å². The van der Waals surface area contributed by atoms with Crippen LogP contribution < -0.4 is 0 Å². The first kappa shape index (κ1) is 15.2. The summed E-state index contributed by atoms with van der Waals surface area (Å²) in [5.74, 6) is -4.75. The predicted molar refractivity (Wildman–Crippen MR) is 62.6 cm³/mol. The quantitative estimate of drug-likeness (QED) is 0.493. The van der Waals surface area contributed by atoms with Crippen molar-refractivity contribution in [2.75, 3.05) is 13.2 Å². The van der Waals surface area contributed by atoms with Crippen molar-refractivity contribution in [3.05, 3.63) is 24.2 Å². The third kappa shape index (κ3) is 2.94. The van der Waals surface area contributed by atoms with Gasteiger partial charge in [-0.3, -0.25) is 9.59 Å². The Morgan fingerprint density at radius 2 is 1.68 bits per heavy atom. The molecule has 0 bridgehead atoms. The minimum atomic E-state index is -1.81. The average Bonchev–Trinajstić information content (AvgIpc) is 2.81. The molecule has 4 N–H and O–H groups in total. The maximum absolute atomic E-state index is 11.2. The minimum absolute atomic E-state index is 0.130. The van der Waals surface area contributed by atoms with Gasteiger partial charge in [0.05, 0.1) is 11.7 Å². The molecule has 7 heteroatoms. The van der Waals surface area contributed by atoms with Crippen molar-refractivity contribution in [3.63, 3.8) is 0 Å². The summed E-state index contributed by atoms with van der Waals surface area (Å²) in [5, 5.41) is 36.6. The van der Waals surface area contributed by atoms with Crippen molar-refractivity contribution in [2.45, 2.75) is 18.3 Å². The standard InChI is InChI=1S/C12H16O7/c13-5-3-12(4-6-14,8-2-1-7-19-8)9(10(15)16)11(17)18/h1-2,7,9,13-14H,3-6H2,(H,15,16)(H,17,18). The Balaban J connectivity index is 3.37. The highest BCUT2D eigenvalue weighted by Gasteiger charge is 2.50. The third-order valence-electron chi connectivity index (χ3n) is 3.17. The Labute approximate surface area is 109 Å². The van der Waals surface area contributed by atoms with Gasteiger partial charge in [-0.05, 0) is 25.0 Å². The van der Waals surface area contributed by atoms with Crippen LogP contribution >= 0.6 is 0 Å². The van der Waals surface area contributed by atoms with Gasteiger partial charge in [0.2, 0.25) is 0 Å². The number of hydrogen-bond acceptors (Lipinski definition) is 5. The molecule has 1 aromatic heterocycles. The molecule has 0 aromatic carbocycles. The summed E-state index contributed by atoms with van der Waals surface area (Å²) in [6.07, 6.45) is 1.02. The Kier molecular flexibility index (Phi) is 5.08. The number of aliphatic carboxylic acids is 2. The number of aliphatic hydroxyl groups is 2. The highest BCUT2D eigenvalue weighted by molar-refractivity contribution is 5.94. The van der Waals surface area contributed by atoms with E-state index in [1.54, 1.807) is 0 Å². The van der Waals surface area contributed by atoms with Gasteiger partial charge in [-0.1, -0.05) is 0 Å². The van der Waals surface area contributed by atoms with Crippen LogP contribution in [0.15, 0.2) is 22.8 Å². The first-order valence-electron chi connectivity index (χ1n) is 5.71.